The minimum atomic E-state index is 0.0221. The zero-order chi connectivity index (χ0) is 14.7. The Morgan fingerprint density at radius 2 is 1.95 bits per heavy atom. The van der Waals surface area contributed by atoms with Crippen LogP contribution in [0.5, 0.6) is 11.5 Å². The third-order valence-electron chi connectivity index (χ3n) is 2.88. The summed E-state index contributed by atoms with van der Waals surface area (Å²) in [6.45, 7) is 3.94. The molecule has 0 atom stereocenters. The van der Waals surface area contributed by atoms with E-state index in [1.54, 1.807) is 6.07 Å². The quantitative estimate of drug-likeness (QED) is 0.386. The lowest BCUT2D eigenvalue weighted by Gasteiger charge is -2.12. The van der Waals surface area contributed by atoms with Crippen molar-refractivity contribution >= 4 is 21.8 Å². The lowest BCUT2D eigenvalue weighted by molar-refractivity contribution is 0.318. The van der Waals surface area contributed by atoms with Crippen LogP contribution in [0.3, 0.4) is 0 Å². The molecule has 0 unspecified atom stereocenters. The van der Waals surface area contributed by atoms with E-state index in [1.807, 2.05) is 44.2 Å². The zero-order valence-corrected chi connectivity index (χ0v) is 12.8. The Kier molecular flexibility index (Phi) is 4.29. The van der Waals surface area contributed by atoms with Gasteiger partial charge in [0.2, 0.25) is 0 Å². The number of nitrogens with two attached hydrogens (primary N) is 1. The molecule has 0 saturated carbocycles. The molecule has 4 nitrogen and oxygen atoms in total. The van der Waals surface area contributed by atoms with E-state index in [1.165, 1.54) is 0 Å². The van der Waals surface area contributed by atoms with Gasteiger partial charge in [-0.3, -0.25) is 0 Å². The molecule has 0 aliphatic heterocycles. The molecular formula is C15H15BrN2O2. The van der Waals surface area contributed by atoms with Crippen LogP contribution in [0.15, 0.2) is 46.0 Å². The maximum absolute atomic E-state index is 8.83. The first-order valence-corrected chi connectivity index (χ1v) is 6.83. The van der Waals surface area contributed by atoms with Crippen molar-refractivity contribution in [1.82, 2.24) is 0 Å². The molecule has 2 aromatic carbocycles. The standard InChI is InChI=1S/C15H15BrN2O2/c1-9-3-5-12(15(17)18-19)14(7-9)20-11-4-6-13(16)10(2)8-11/h3-8,19H,1-2H3,(H2,17,18). The number of aryl methyl sites for hydroxylation is 2. The van der Waals surface area contributed by atoms with Crippen LogP contribution in [-0.2, 0) is 0 Å². The highest BCUT2D eigenvalue weighted by atomic mass is 79.9. The number of amidine groups is 1. The van der Waals surface area contributed by atoms with Crippen molar-refractivity contribution in [3.05, 3.63) is 57.6 Å². The maximum atomic E-state index is 8.83. The van der Waals surface area contributed by atoms with Gasteiger partial charge in [-0.25, -0.2) is 0 Å². The highest BCUT2D eigenvalue weighted by molar-refractivity contribution is 9.10. The van der Waals surface area contributed by atoms with Crippen LogP contribution < -0.4 is 10.5 Å². The number of hydrogen-bond acceptors (Lipinski definition) is 3. The predicted molar refractivity (Wildman–Crippen MR) is 82.6 cm³/mol. The lowest BCUT2D eigenvalue weighted by atomic mass is 10.1. The molecule has 0 aromatic heterocycles. The summed E-state index contributed by atoms with van der Waals surface area (Å²) in [7, 11) is 0. The fourth-order valence-electron chi connectivity index (χ4n) is 1.79. The summed E-state index contributed by atoms with van der Waals surface area (Å²) in [6, 6.07) is 11.2. The van der Waals surface area contributed by atoms with Crippen LogP contribution in [0.2, 0.25) is 0 Å². The van der Waals surface area contributed by atoms with Gasteiger partial charge >= 0.3 is 0 Å². The van der Waals surface area contributed by atoms with E-state index in [0.29, 0.717) is 17.1 Å². The Morgan fingerprint density at radius 1 is 1.20 bits per heavy atom. The van der Waals surface area contributed by atoms with Gasteiger partial charge in [-0.2, -0.15) is 0 Å². The Balaban J connectivity index is 2.41. The second-order valence-electron chi connectivity index (χ2n) is 4.50. The minimum absolute atomic E-state index is 0.0221. The Labute approximate surface area is 126 Å². The summed E-state index contributed by atoms with van der Waals surface area (Å²) in [6.07, 6.45) is 0. The Bertz CT molecular complexity index is 669. The van der Waals surface area contributed by atoms with Crippen LogP contribution in [0.4, 0.5) is 0 Å². The molecule has 0 bridgehead atoms. The van der Waals surface area contributed by atoms with Crippen molar-refractivity contribution in [2.24, 2.45) is 10.9 Å². The first kappa shape index (κ1) is 14.4. The van der Waals surface area contributed by atoms with E-state index >= 15 is 0 Å². The molecule has 104 valence electrons. The molecule has 2 aromatic rings. The lowest BCUT2D eigenvalue weighted by Crippen LogP contribution is -2.14. The van der Waals surface area contributed by atoms with Crippen molar-refractivity contribution in [3.63, 3.8) is 0 Å². The fraction of sp³-hybridized carbons (Fsp3) is 0.133. The smallest absolute Gasteiger partial charge is 0.173 e. The van der Waals surface area contributed by atoms with Gasteiger partial charge in [0.25, 0.3) is 0 Å². The number of rotatable bonds is 3. The molecule has 0 amide bonds. The van der Waals surface area contributed by atoms with Crippen LogP contribution in [0.25, 0.3) is 0 Å². The van der Waals surface area contributed by atoms with Crippen molar-refractivity contribution in [2.45, 2.75) is 13.8 Å². The maximum Gasteiger partial charge on any atom is 0.173 e. The van der Waals surface area contributed by atoms with Crippen LogP contribution >= 0.6 is 15.9 Å². The molecule has 2 rings (SSSR count). The van der Waals surface area contributed by atoms with Gasteiger partial charge in [-0.05, 0) is 55.3 Å². The Morgan fingerprint density at radius 3 is 2.60 bits per heavy atom. The van der Waals surface area contributed by atoms with Gasteiger partial charge < -0.3 is 15.7 Å². The molecule has 20 heavy (non-hydrogen) atoms. The number of benzene rings is 2. The van der Waals surface area contributed by atoms with Crippen molar-refractivity contribution in [3.8, 4) is 11.5 Å². The van der Waals surface area contributed by atoms with E-state index in [-0.39, 0.29) is 5.84 Å². The molecule has 0 aliphatic carbocycles. The summed E-state index contributed by atoms with van der Waals surface area (Å²) in [4.78, 5) is 0. The number of hydrogen-bond donors (Lipinski definition) is 2. The Hall–Kier alpha value is -2.01. The number of halogens is 1. The van der Waals surface area contributed by atoms with E-state index in [9.17, 15) is 0 Å². The van der Waals surface area contributed by atoms with Gasteiger partial charge in [0, 0.05) is 4.47 Å². The molecule has 0 fully saturated rings. The van der Waals surface area contributed by atoms with E-state index in [4.69, 9.17) is 15.7 Å². The van der Waals surface area contributed by atoms with Gasteiger partial charge in [-0.15, -0.1) is 0 Å². The summed E-state index contributed by atoms with van der Waals surface area (Å²) in [5, 5.41) is 11.9. The van der Waals surface area contributed by atoms with Gasteiger partial charge in [0.1, 0.15) is 11.5 Å². The third kappa shape index (κ3) is 3.11. The number of ether oxygens (including phenoxy) is 1. The minimum Gasteiger partial charge on any atom is -0.457 e. The molecule has 5 heteroatoms. The van der Waals surface area contributed by atoms with Gasteiger partial charge in [0.05, 0.1) is 5.56 Å². The van der Waals surface area contributed by atoms with E-state index in [2.05, 4.69) is 21.1 Å². The van der Waals surface area contributed by atoms with Gasteiger partial charge in [0.15, 0.2) is 5.84 Å². The van der Waals surface area contributed by atoms with Crippen LogP contribution in [-0.4, -0.2) is 11.0 Å². The normalized spacial score (nSPS) is 11.4. The highest BCUT2D eigenvalue weighted by Crippen LogP contribution is 2.29. The molecule has 3 N–H and O–H groups in total. The first-order valence-electron chi connectivity index (χ1n) is 6.04. The van der Waals surface area contributed by atoms with Crippen molar-refractivity contribution in [1.29, 1.82) is 0 Å². The first-order chi connectivity index (χ1) is 9.51. The van der Waals surface area contributed by atoms with Crippen molar-refractivity contribution in [2.75, 3.05) is 0 Å². The SMILES string of the molecule is Cc1ccc(/C(N)=N/O)c(Oc2ccc(Br)c(C)c2)c1. The molecule has 0 saturated heterocycles. The molecule has 0 heterocycles. The molecular weight excluding hydrogens is 320 g/mol. The summed E-state index contributed by atoms with van der Waals surface area (Å²) < 4.78 is 6.88. The van der Waals surface area contributed by atoms with Crippen molar-refractivity contribution < 1.29 is 9.94 Å². The van der Waals surface area contributed by atoms with Crippen LogP contribution in [0, 0.1) is 13.8 Å². The second-order valence-corrected chi connectivity index (χ2v) is 5.35. The summed E-state index contributed by atoms with van der Waals surface area (Å²) in [5.74, 6) is 1.28. The van der Waals surface area contributed by atoms with Gasteiger partial charge in [-0.1, -0.05) is 27.2 Å². The topological polar surface area (TPSA) is 67.8 Å². The molecule has 0 spiro atoms. The third-order valence-corrected chi connectivity index (χ3v) is 3.77. The second kappa shape index (κ2) is 5.96. The molecule has 0 radical (unpaired) electrons. The number of oxime groups is 1. The van der Waals surface area contributed by atoms with E-state index in [0.717, 1.165) is 15.6 Å². The fourth-order valence-corrected chi connectivity index (χ4v) is 2.03. The van der Waals surface area contributed by atoms with Crippen LogP contribution in [0.1, 0.15) is 16.7 Å². The predicted octanol–water partition coefficient (Wildman–Crippen LogP) is 3.95. The summed E-state index contributed by atoms with van der Waals surface area (Å²) in [5.41, 5.74) is 8.32. The largest absolute Gasteiger partial charge is 0.457 e. The zero-order valence-electron chi connectivity index (χ0n) is 11.2. The highest BCUT2D eigenvalue weighted by Gasteiger charge is 2.10. The molecule has 0 aliphatic rings. The average Bonchev–Trinajstić information content (AvgIpc) is 2.42. The monoisotopic (exact) mass is 334 g/mol. The average molecular weight is 335 g/mol. The number of nitrogens with zero attached hydrogens (tertiary/aromatic N) is 1. The summed E-state index contributed by atoms with van der Waals surface area (Å²) >= 11 is 3.45. The van der Waals surface area contributed by atoms with E-state index < -0.39 is 0 Å².